The normalized spacial score (nSPS) is 10.6. The van der Waals surface area contributed by atoms with Gasteiger partial charge in [0.2, 0.25) is 0 Å². The number of benzene rings is 2. The van der Waals surface area contributed by atoms with Crippen LogP contribution in [0.1, 0.15) is 4.88 Å². The molecule has 21 heavy (non-hydrogen) atoms. The fraction of sp³-hybridized carbons (Fsp3) is 0.118. The van der Waals surface area contributed by atoms with E-state index in [4.69, 9.17) is 9.72 Å². The van der Waals surface area contributed by atoms with E-state index in [0.717, 1.165) is 32.1 Å². The number of aromatic nitrogens is 1. The average Bonchev–Trinajstić information content (AvgIpc) is 2.89. The minimum atomic E-state index is 0.860. The smallest absolute Gasteiger partial charge is 0.124 e. The maximum Gasteiger partial charge on any atom is 0.124 e. The Balaban J connectivity index is 2.00. The first-order chi connectivity index (χ1) is 10.2. The lowest BCUT2D eigenvalue weighted by atomic mass is 10.1. The van der Waals surface area contributed by atoms with Crippen LogP contribution in [0.25, 0.3) is 21.8 Å². The van der Waals surface area contributed by atoms with Gasteiger partial charge in [-0.15, -0.1) is 11.3 Å². The van der Waals surface area contributed by atoms with Crippen molar-refractivity contribution < 1.29 is 4.74 Å². The third kappa shape index (κ3) is 3.01. The molecule has 3 aromatic rings. The standard InChI is InChI=1S/C17H14BrNOS/c1-11-16(13-4-3-5-14(18)10-13)19-17(21-11)12-6-8-15(20-2)9-7-12/h3-10H,1-2H3. The highest BCUT2D eigenvalue weighted by Gasteiger charge is 2.11. The Morgan fingerprint density at radius 2 is 1.81 bits per heavy atom. The van der Waals surface area contributed by atoms with E-state index in [9.17, 15) is 0 Å². The van der Waals surface area contributed by atoms with E-state index >= 15 is 0 Å². The van der Waals surface area contributed by atoms with Gasteiger partial charge in [0.15, 0.2) is 0 Å². The van der Waals surface area contributed by atoms with E-state index in [1.54, 1.807) is 18.4 Å². The number of aryl methyl sites for hydroxylation is 1. The van der Waals surface area contributed by atoms with Gasteiger partial charge in [0.25, 0.3) is 0 Å². The molecule has 2 nitrogen and oxygen atoms in total. The summed E-state index contributed by atoms with van der Waals surface area (Å²) >= 11 is 5.23. The van der Waals surface area contributed by atoms with Gasteiger partial charge in [-0.25, -0.2) is 4.98 Å². The SMILES string of the molecule is COc1ccc(-c2nc(-c3cccc(Br)c3)c(C)s2)cc1. The van der Waals surface area contributed by atoms with Gasteiger partial charge in [0.1, 0.15) is 10.8 Å². The summed E-state index contributed by atoms with van der Waals surface area (Å²) in [6.07, 6.45) is 0. The molecule has 1 aromatic heterocycles. The second-order valence-electron chi connectivity index (χ2n) is 4.66. The van der Waals surface area contributed by atoms with Crippen molar-refractivity contribution in [3.05, 3.63) is 57.9 Å². The van der Waals surface area contributed by atoms with Crippen LogP contribution < -0.4 is 4.74 Å². The van der Waals surface area contributed by atoms with Crippen molar-refractivity contribution in [2.75, 3.05) is 7.11 Å². The van der Waals surface area contributed by atoms with Gasteiger partial charge >= 0.3 is 0 Å². The zero-order chi connectivity index (χ0) is 14.8. The molecule has 106 valence electrons. The molecule has 0 fully saturated rings. The lowest BCUT2D eigenvalue weighted by Crippen LogP contribution is -1.83. The lowest BCUT2D eigenvalue weighted by Gasteiger charge is -2.00. The van der Waals surface area contributed by atoms with Crippen molar-refractivity contribution in [2.45, 2.75) is 6.92 Å². The minimum Gasteiger partial charge on any atom is -0.497 e. The minimum absolute atomic E-state index is 0.860. The van der Waals surface area contributed by atoms with E-state index in [-0.39, 0.29) is 0 Å². The van der Waals surface area contributed by atoms with Crippen LogP contribution in [-0.4, -0.2) is 12.1 Å². The maximum atomic E-state index is 5.19. The third-order valence-electron chi connectivity index (χ3n) is 3.23. The van der Waals surface area contributed by atoms with Crippen LogP contribution in [-0.2, 0) is 0 Å². The Morgan fingerprint density at radius 1 is 1.05 bits per heavy atom. The molecule has 0 amide bonds. The van der Waals surface area contributed by atoms with Crippen LogP contribution in [0.2, 0.25) is 0 Å². The molecule has 1 heterocycles. The summed E-state index contributed by atoms with van der Waals surface area (Å²) in [4.78, 5) is 6.02. The molecular weight excluding hydrogens is 346 g/mol. The number of rotatable bonds is 3. The van der Waals surface area contributed by atoms with Gasteiger partial charge in [-0.3, -0.25) is 0 Å². The van der Waals surface area contributed by atoms with Crippen LogP contribution in [0.3, 0.4) is 0 Å². The molecule has 0 saturated carbocycles. The first kappa shape index (κ1) is 14.3. The Kier molecular flexibility index (Phi) is 4.08. The number of methoxy groups -OCH3 is 1. The first-order valence-electron chi connectivity index (χ1n) is 6.55. The number of halogens is 1. The molecule has 0 radical (unpaired) electrons. The van der Waals surface area contributed by atoms with Gasteiger partial charge in [-0.1, -0.05) is 28.1 Å². The maximum absolute atomic E-state index is 5.19. The van der Waals surface area contributed by atoms with E-state index < -0.39 is 0 Å². The second kappa shape index (κ2) is 6.00. The Bertz CT molecular complexity index is 765. The molecule has 4 heteroatoms. The molecule has 2 aromatic carbocycles. The van der Waals surface area contributed by atoms with Gasteiger partial charge in [-0.2, -0.15) is 0 Å². The Morgan fingerprint density at radius 3 is 2.48 bits per heavy atom. The average molecular weight is 360 g/mol. The third-order valence-corrected chi connectivity index (χ3v) is 4.74. The van der Waals surface area contributed by atoms with Gasteiger partial charge in [-0.05, 0) is 43.3 Å². The summed E-state index contributed by atoms with van der Waals surface area (Å²) in [7, 11) is 1.67. The van der Waals surface area contributed by atoms with E-state index in [1.165, 1.54) is 4.88 Å². The fourth-order valence-corrected chi connectivity index (χ4v) is 3.50. The molecule has 0 bridgehead atoms. The van der Waals surface area contributed by atoms with E-state index in [1.807, 2.05) is 36.4 Å². The predicted molar refractivity (Wildman–Crippen MR) is 92.0 cm³/mol. The summed E-state index contributed by atoms with van der Waals surface area (Å²) < 4.78 is 6.26. The Hall–Kier alpha value is -1.65. The second-order valence-corrected chi connectivity index (χ2v) is 6.78. The number of hydrogen-bond donors (Lipinski definition) is 0. The molecule has 0 saturated heterocycles. The van der Waals surface area contributed by atoms with E-state index in [2.05, 4.69) is 35.0 Å². The van der Waals surface area contributed by atoms with Crippen LogP contribution in [0.15, 0.2) is 53.0 Å². The summed E-state index contributed by atoms with van der Waals surface area (Å²) in [5.41, 5.74) is 3.30. The summed E-state index contributed by atoms with van der Waals surface area (Å²) in [5, 5.41) is 1.03. The van der Waals surface area contributed by atoms with Crippen LogP contribution >= 0.6 is 27.3 Å². The van der Waals surface area contributed by atoms with Crippen LogP contribution in [0.5, 0.6) is 5.75 Å². The van der Waals surface area contributed by atoms with E-state index in [0.29, 0.717) is 0 Å². The summed E-state index contributed by atoms with van der Waals surface area (Å²) in [5.74, 6) is 0.860. The van der Waals surface area contributed by atoms with Gasteiger partial charge in [0, 0.05) is 20.5 Å². The largest absolute Gasteiger partial charge is 0.497 e. The first-order valence-corrected chi connectivity index (χ1v) is 8.16. The quantitative estimate of drug-likeness (QED) is 0.610. The van der Waals surface area contributed by atoms with Crippen molar-refractivity contribution in [3.8, 4) is 27.6 Å². The summed E-state index contributed by atoms with van der Waals surface area (Å²) in [6.45, 7) is 2.11. The topological polar surface area (TPSA) is 22.1 Å². The highest BCUT2D eigenvalue weighted by atomic mass is 79.9. The molecular formula is C17H14BrNOS. The zero-order valence-electron chi connectivity index (χ0n) is 11.8. The molecule has 3 rings (SSSR count). The number of nitrogens with zero attached hydrogens (tertiary/aromatic N) is 1. The van der Waals surface area contributed by atoms with Gasteiger partial charge < -0.3 is 4.74 Å². The number of hydrogen-bond acceptors (Lipinski definition) is 3. The molecule has 0 spiro atoms. The highest BCUT2D eigenvalue weighted by molar-refractivity contribution is 9.10. The molecule has 0 unspecified atom stereocenters. The molecule has 0 aliphatic heterocycles. The number of thiazole rings is 1. The molecule has 0 aliphatic rings. The molecule has 0 atom stereocenters. The van der Waals surface area contributed by atoms with Crippen LogP contribution in [0, 0.1) is 6.92 Å². The van der Waals surface area contributed by atoms with Crippen molar-refractivity contribution in [1.82, 2.24) is 4.98 Å². The molecule has 0 N–H and O–H groups in total. The monoisotopic (exact) mass is 359 g/mol. The zero-order valence-corrected chi connectivity index (χ0v) is 14.2. The number of ether oxygens (including phenoxy) is 1. The van der Waals surface area contributed by atoms with Crippen LogP contribution in [0.4, 0.5) is 0 Å². The molecule has 0 aliphatic carbocycles. The van der Waals surface area contributed by atoms with Gasteiger partial charge in [0.05, 0.1) is 12.8 Å². The Labute approximate surface area is 136 Å². The summed E-state index contributed by atoms with van der Waals surface area (Å²) in [6, 6.07) is 16.3. The fourth-order valence-electron chi connectivity index (χ4n) is 2.16. The van der Waals surface area contributed by atoms with Crippen molar-refractivity contribution in [3.63, 3.8) is 0 Å². The predicted octanol–water partition coefficient (Wildman–Crippen LogP) is 5.56. The van der Waals surface area contributed by atoms with Crippen molar-refractivity contribution >= 4 is 27.3 Å². The van der Waals surface area contributed by atoms with Crippen molar-refractivity contribution in [1.29, 1.82) is 0 Å². The van der Waals surface area contributed by atoms with Crippen molar-refractivity contribution in [2.24, 2.45) is 0 Å². The highest BCUT2D eigenvalue weighted by Crippen LogP contribution is 2.34. The lowest BCUT2D eigenvalue weighted by molar-refractivity contribution is 0.415.